The number of anilines is 1. The summed E-state index contributed by atoms with van der Waals surface area (Å²) in [5.74, 6) is 1.45. The molecule has 1 aromatic heterocycles. The average molecular weight is 314 g/mol. The van der Waals surface area contributed by atoms with E-state index in [0.29, 0.717) is 24.0 Å². The van der Waals surface area contributed by atoms with Crippen LogP contribution in [0, 0.1) is 13.8 Å². The Morgan fingerprint density at radius 3 is 2.55 bits per heavy atom. The quantitative estimate of drug-likeness (QED) is 0.893. The number of hydrogen-bond acceptors (Lipinski definition) is 4. The van der Waals surface area contributed by atoms with Crippen molar-refractivity contribution < 1.29 is 22.3 Å². The fourth-order valence-electron chi connectivity index (χ4n) is 1.91. The van der Waals surface area contributed by atoms with Crippen LogP contribution in [0.25, 0.3) is 0 Å². The number of alkyl halides is 3. The number of rotatable bonds is 5. The van der Waals surface area contributed by atoms with Gasteiger partial charge >= 0.3 is 6.18 Å². The second-order valence-corrected chi connectivity index (χ2v) is 4.74. The van der Waals surface area contributed by atoms with Crippen molar-refractivity contribution in [1.82, 2.24) is 4.98 Å². The van der Waals surface area contributed by atoms with Crippen molar-refractivity contribution >= 4 is 5.69 Å². The van der Waals surface area contributed by atoms with E-state index in [9.17, 15) is 13.2 Å². The number of nitrogens with one attached hydrogen (secondary N) is 1. The lowest BCUT2D eigenvalue weighted by Gasteiger charge is -2.14. The zero-order valence-electron chi connectivity index (χ0n) is 12.5. The van der Waals surface area contributed by atoms with Gasteiger partial charge in [-0.25, -0.2) is 4.98 Å². The van der Waals surface area contributed by atoms with Gasteiger partial charge in [0.1, 0.15) is 11.5 Å². The molecule has 22 heavy (non-hydrogen) atoms. The van der Waals surface area contributed by atoms with E-state index in [1.165, 1.54) is 6.07 Å². The molecule has 2 aromatic rings. The fraction of sp³-hybridized carbons (Fsp3) is 0.400. The Labute approximate surface area is 126 Å². The number of benzene rings is 1. The van der Waals surface area contributed by atoms with Gasteiger partial charge in [0.05, 0.1) is 30.1 Å². The molecule has 0 saturated heterocycles. The summed E-state index contributed by atoms with van der Waals surface area (Å²) >= 11 is 0. The van der Waals surface area contributed by atoms with Gasteiger partial charge in [-0.2, -0.15) is 13.2 Å². The van der Waals surface area contributed by atoms with E-state index < -0.39 is 11.7 Å². The smallest absolute Gasteiger partial charge is 0.416 e. The van der Waals surface area contributed by atoms with E-state index in [1.807, 2.05) is 0 Å². The summed E-state index contributed by atoms with van der Waals surface area (Å²) in [5.41, 5.74) is 0.272. The molecular formula is C15H17F3N2O2. The Balaban J connectivity index is 2.22. The molecule has 0 fully saturated rings. The van der Waals surface area contributed by atoms with Crippen LogP contribution in [0.2, 0.25) is 0 Å². The lowest BCUT2D eigenvalue weighted by atomic mass is 10.1. The van der Waals surface area contributed by atoms with Gasteiger partial charge in [0, 0.05) is 0 Å². The van der Waals surface area contributed by atoms with E-state index >= 15 is 0 Å². The van der Waals surface area contributed by atoms with Gasteiger partial charge in [0.2, 0.25) is 5.89 Å². The van der Waals surface area contributed by atoms with E-state index in [0.717, 1.165) is 17.8 Å². The number of nitrogens with zero attached hydrogens (tertiary/aromatic N) is 1. The summed E-state index contributed by atoms with van der Waals surface area (Å²) in [7, 11) is 0. The largest absolute Gasteiger partial charge is 0.492 e. The molecule has 0 bridgehead atoms. The SMILES string of the molecule is CCOc1ccc(C(F)(F)F)cc1NCc1nc(C)c(C)o1. The third-order valence-corrected chi connectivity index (χ3v) is 3.11. The van der Waals surface area contributed by atoms with Crippen molar-refractivity contribution in [2.45, 2.75) is 33.5 Å². The Kier molecular flexibility index (Phi) is 4.63. The van der Waals surface area contributed by atoms with Gasteiger partial charge in [-0.1, -0.05) is 0 Å². The topological polar surface area (TPSA) is 47.3 Å². The first-order valence-electron chi connectivity index (χ1n) is 6.82. The number of aryl methyl sites for hydroxylation is 2. The van der Waals surface area contributed by atoms with E-state index in [1.54, 1.807) is 20.8 Å². The van der Waals surface area contributed by atoms with Gasteiger partial charge in [0.15, 0.2) is 0 Å². The highest BCUT2D eigenvalue weighted by Gasteiger charge is 2.31. The maximum Gasteiger partial charge on any atom is 0.416 e. The minimum atomic E-state index is -4.41. The lowest BCUT2D eigenvalue weighted by Crippen LogP contribution is -2.08. The van der Waals surface area contributed by atoms with E-state index in [2.05, 4.69) is 10.3 Å². The van der Waals surface area contributed by atoms with Crippen LogP contribution in [0.5, 0.6) is 5.75 Å². The highest BCUT2D eigenvalue weighted by Crippen LogP contribution is 2.35. The predicted molar refractivity (Wildman–Crippen MR) is 75.9 cm³/mol. The minimum absolute atomic E-state index is 0.177. The molecule has 2 rings (SSSR count). The van der Waals surface area contributed by atoms with Crippen molar-refractivity contribution in [1.29, 1.82) is 0 Å². The van der Waals surface area contributed by atoms with Crippen LogP contribution in [0.15, 0.2) is 22.6 Å². The number of oxazole rings is 1. The van der Waals surface area contributed by atoms with Crippen molar-refractivity contribution in [2.24, 2.45) is 0 Å². The van der Waals surface area contributed by atoms with Crippen LogP contribution in [0.3, 0.4) is 0 Å². The average Bonchev–Trinajstić information content (AvgIpc) is 2.76. The minimum Gasteiger partial charge on any atom is -0.492 e. The number of aromatic nitrogens is 1. The van der Waals surface area contributed by atoms with Crippen molar-refractivity contribution in [2.75, 3.05) is 11.9 Å². The lowest BCUT2D eigenvalue weighted by molar-refractivity contribution is -0.137. The van der Waals surface area contributed by atoms with Crippen LogP contribution < -0.4 is 10.1 Å². The predicted octanol–water partition coefficient (Wildman–Crippen LogP) is 4.32. The first kappa shape index (κ1) is 16.2. The van der Waals surface area contributed by atoms with E-state index in [4.69, 9.17) is 9.15 Å². The highest BCUT2D eigenvalue weighted by molar-refractivity contribution is 5.58. The molecule has 120 valence electrons. The first-order valence-corrected chi connectivity index (χ1v) is 6.82. The Morgan fingerprint density at radius 2 is 2.00 bits per heavy atom. The molecule has 1 aromatic carbocycles. The van der Waals surface area contributed by atoms with Gasteiger partial charge in [0.25, 0.3) is 0 Å². The molecule has 0 aliphatic heterocycles. The summed E-state index contributed by atoms with van der Waals surface area (Å²) in [4.78, 5) is 4.18. The maximum absolute atomic E-state index is 12.8. The van der Waals surface area contributed by atoms with Crippen molar-refractivity contribution in [3.63, 3.8) is 0 Å². The molecule has 0 aliphatic rings. The molecule has 0 amide bonds. The molecule has 0 spiro atoms. The molecule has 4 nitrogen and oxygen atoms in total. The standard InChI is InChI=1S/C15H17F3N2O2/c1-4-21-13-6-5-11(15(16,17)18)7-12(13)19-8-14-20-9(2)10(3)22-14/h5-7,19H,4,8H2,1-3H3. The molecule has 0 radical (unpaired) electrons. The molecular weight excluding hydrogens is 297 g/mol. The summed E-state index contributed by atoms with van der Waals surface area (Å²) in [5, 5.41) is 2.89. The molecule has 7 heteroatoms. The van der Waals surface area contributed by atoms with Crippen LogP contribution in [-0.2, 0) is 12.7 Å². The van der Waals surface area contributed by atoms with Gasteiger partial charge in [-0.3, -0.25) is 0 Å². The van der Waals surface area contributed by atoms with Crippen LogP contribution >= 0.6 is 0 Å². The molecule has 0 aliphatic carbocycles. The summed E-state index contributed by atoms with van der Waals surface area (Å²) in [6.07, 6.45) is -4.41. The van der Waals surface area contributed by atoms with Gasteiger partial charge in [-0.05, 0) is 39.0 Å². The van der Waals surface area contributed by atoms with Crippen LogP contribution in [0.1, 0.15) is 29.8 Å². The monoisotopic (exact) mass is 314 g/mol. The Morgan fingerprint density at radius 1 is 1.27 bits per heavy atom. The Bertz CT molecular complexity index is 631. The zero-order valence-corrected chi connectivity index (χ0v) is 12.5. The maximum atomic E-state index is 12.8. The van der Waals surface area contributed by atoms with E-state index in [-0.39, 0.29) is 12.2 Å². The number of hydrogen-bond donors (Lipinski definition) is 1. The van der Waals surface area contributed by atoms with Crippen molar-refractivity contribution in [3.05, 3.63) is 41.1 Å². The summed E-state index contributed by atoms with van der Waals surface area (Å²) in [6, 6.07) is 3.32. The number of ether oxygens (including phenoxy) is 1. The normalized spacial score (nSPS) is 11.5. The fourth-order valence-corrected chi connectivity index (χ4v) is 1.91. The second-order valence-electron chi connectivity index (χ2n) is 4.74. The van der Waals surface area contributed by atoms with Crippen LogP contribution in [0.4, 0.5) is 18.9 Å². The highest BCUT2D eigenvalue weighted by atomic mass is 19.4. The number of halogens is 3. The molecule has 0 unspecified atom stereocenters. The van der Waals surface area contributed by atoms with Gasteiger partial charge in [-0.15, -0.1) is 0 Å². The summed E-state index contributed by atoms with van der Waals surface area (Å²) < 4.78 is 49.2. The zero-order chi connectivity index (χ0) is 16.3. The van der Waals surface area contributed by atoms with Crippen LogP contribution in [-0.4, -0.2) is 11.6 Å². The third kappa shape index (κ3) is 3.72. The molecule has 1 heterocycles. The molecule has 0 atom stereocenters. The van der Waals surface area contributed by atoms with Gasteiger partial charge < -0.3 is 14.5 Å². The Hall–Kier alpha value is -2.18. The molecule has 1 N–H and O–H groups in total. The summed E-state index contributed by atoms with van der Waals surface area (Å²) in [6.45, 7) is 5.88. The second kappa shape index (κ2) is 6.29. The third-order valence-electron chi connectivity index (χ3n) is 3.11. The van der Waals surface area contributed by atoms with Crippen molar-refractivity contribution in [3.8, 4) is 5.75 Å². The first-order chi connectivity index (χ1) is 10.3. The molecule has 0 saturated carbocycles.